The molecular formula is C10H16N3O2S3+. The number of aromatic nitrogens is 1. The van der Waals surface area contributed by atoms with Crippen molar-refractivity contribution in [3.05, 3.63) is 8.83 Å². The molecule has 0 bridgehead atoms. The lowest BCUT2D eigenvalue weighted by Crippen LogP contribution is -2.55. The minimum atomic E-state index is -0.203. The lowest BCUT2D eigenvalue weighted by atomic mass is 10.3. The van der Waals surface area contributed by atoms with Crippen LogP contribution in [0.15, 0.2) is 0 Å². The number of esters is 1. The van der Waals surface area contributed by atoms with Gasteiger partial charge >= 0.3 is 5.97 Å². The maximum Gasteiger partial charge on any atom is 0.305 e. The normalized spacial score (nSPS) is 10.3. The number of quaternary nitrogens is 1. The van der Waals surface area contributed by atoms with Crippen molar-refractivity contribution < 1.29 is 15.3 Å². The Labute approximate surface area is 120 Å². The Balaban J connectivity index is 2.66. The average molecular weight is 306 g/mol. The monoisotopic (exact) mass is 306 g/mol. The van der Waals surface area contributed by atoms with Crippen molar-refractivity contribution in [3.63, 3.8) is 0 Å². The van der Waals surface area contributed by atoms with Gasteiger partial charge in [0.2, 0.25) is 4.99 Å². The van der Waals surface area contributed by atoms with E-state index in [0.29, 0.717) is 40.8 Å². The van der Waals surface area contributed by atoms with Crippen molar-refractivity contribution in [2.75, 3.05) is 12.3 Å². The number of ether oxygens (including phenoxy) is 1. The number of anilines is 1. The van der Waals surface area contributed by atoms with Crippen molar-refractivity contribution in [2.24, 2.45) is 0 Å². The van der Waals surface area contributed by atoms with Gasteiger partial charge in [0.25, 0.3) is 0 Å². The Hall–Kier alpha value is -0.830. The molecule has 0 aromatic carbocycles. The average Bonchev–Trinajstić information content (AvgIpc) is 2.57. The van der Waals surface area contributed by atoms with E-state index in [2.05, 4.69) is 5.73 Å². The van der Waals surface area contributed by atoms with E-state index in [1.54, 1.807) is 11.5 Å². The van der Waals surface area contributed by atoms with Crippen molar-refractivity contribution in [1.82, 2.24) is 4.57 Å². The third kappa shape index (κ3) is 3.84. The van der Waals surface area contributed by atoms with Crippen LogP contribution in [0.25, 0.3) is 0 Å². The molecule has 0 amide bonds. The maximum absolute atomic E-state index is 11.2. The number of nitrogens with zero attached hydrogens (tertiary/aromatic N) is 1. The van der Waals surface area contributed by atoms with Gasteiger partial charge < -0.3 is 20.8 Å². The quantitative estimate of drug-likeness (QED) is 0.608. The minimum Gasteiger partial charge on any atom is -0.466 e. The lowest BCUT2D eigenvalue weighted by molar-refractivity contribution is -0.206. The van der Waals surface area contributed by atoms with E-state index in [1.807, 2.05) is 0 Å². The molecule has 18 heavy (non-hydrogen) atoms. The molecule has 0 fully saturated rings. The fourth-order valence-electron chi connectivity index (χ4n) is 1.44. The molecule has 0 unspecified atom stereocenters. The number of thiazole rings is 1. The van der Waals surface area contributed by atoms with E-state index in [9.17, 15) is 4.79 Å². The summed E-state index contributed by atoms with van der Waals surface area (Å²) < 4.78 is 7.28. The smallest absolute Gasteiger partial charge is 0.305 e. The molecule has 0 aliphatic carbocycles. The second kappa shape index (κ2) is 6.93. The summed E-state index contributed by atoms with van der Waals surface area (Å²) in [4.78, 5) is 12.4. The summed E-state index contributed by atoms with van der Waals surface area (Å²) in [7, 11) is 0. The molecule has 0 saturated heterocycles. The second-order valence-electron chi connectivity index (χ2n) is 3.57. The van der Waals surface area contributed by atoms with Gasteiger partial charge in [-0.2, -0.15) is 0 Å². The molecule has 0 radical (unpaired) electrons. The molecule has 1 rings (SSSR count). The molecule has 0 saturated carbocycles. The summed E-state index contributed by atoms with van der Waals surface area (Å²) in [5, 5.41) is 0. The van der Waals surface area contributed by atoms with E-state index in [1.165, 1.54) is 11.3 Å². The van der Waals surface area contributed by atoms with Gasteiger partial charge in [0.15, 0.2) is 3.95 Å². The molecule has 0 atom stereocenters. The van der Waals surface area contributed by atoms with Gasteiger partial charge in [-0.1, -0.05) is 11.3 Å². The summed E-state index contributed by atoms with van der Waals surface area (Å²) in [6.45, 7) is 2.77. The van der Waals surface area contributed by atoms with E-state index in [0.717, 1.165) is 4.88 Å². The molecule has 0 aliphatic heterocycles. The molecule has 5 N–H and O–H groups in total. The highest BCUT2D eigenvalue weighted by atomic mass is 32.1. The second-order valence-corrected chi connectivity index (χ2v) is 5.70. The van der Waals surface area contributed by atoms with Crippen molar-refractivity contribution in [3.8, 4) is 0 Å². The molecule has 5 nitrogen and oxygen atoms in total. The molecule has 1 aromatic rings. The molecule has 0 aliphatic rings. The van der Waals surface area contributed by atoms with E-state index >= 15 is 0 Å². The van der Waals surface area contributed by atoms with Gasteiger partial charge in [-0.15, -0.1) is 0 Å². The summed E-state index contributed by atoms with van der Waals surface area (Å²) in [6, 6.07) is 0. The van der Waals surface area contributed by atoms with Crippen LogP contribution in [0.5, 0.6) is 0 Å². The van der Waals surface area contributed by atoms with Gasteiger partial charge in [0, 0.05) is 13.0 Å². The van der Waals surface area contributed by atoms with Crippen LogP contribution in [-0.4, -0.2) is 22.1 Å². The molecule has 1 heterocycles. The summed E-state index contributed by atoms with van der Waals surface area (Å²) in [5.41, 5.74) is 9.63. The van der Waals surface area contributed by atoms with Crippen LogP contribution in [-0.2, 0) is 16.1 Å². The highest BCUT2D eigenvalue weighted by Crippen LogP contribution is 2.22. The Morgan fingerprint density at radius 3 is 2.78 bits per heavy atom. The fraction of sp³-hybridized carbons (Fsp3) is 0.500. The standard InChI is InChI=1S/C10H15N3O2S3/c1-2-15-6(14)4-3-5-13-8(11)7(9(12)16)18-10(13)17/h2-5,11H2,1H3,(H2,12,16)/p+1. The zero-order chi connectivity index (χ0) is 13.7. The number of hydrogen-bond donors (Lipinski definition) is 2. The molecular weight excluding hydrogens is 290 g/mol. The third-order valence-electron chi connectivity index (χ3n) is 2.25. The summed E-state index contributed by atoms with van der Waals surface area (Å²) in [5.74, 6) is 0.333. The van der Waals surface area contributed by atoms with E-state index in [4.69, 9.17) is 34.9 Å². The van der Waals surface area contributed by atoms with Crippen LogP contribution >= 0.6 is 35.8 Å². The summed E-state index contributed by atoms with van der Waals surface area (Å²) in [6.07, 6.45) is 0.993. The van der Waals surface area contributed by atoms with Crippen LogP contribution < -0.4 is 11.5 Å². The van der Waals surface area contributed by atoms with Gasteiger partial charge in [0.1, 0.15) is 10.7 Å². The zero-order valence-electron chi connectivity index (χ0n) is 10.1. The number of nitrogens with two attached hydrogens (primary N) is 1. The molecule has 0 spiro atoms. The van der Waals surface area contributed by atoms with Gasteiger partial charge in [-0.25, -0.2) is 0 Å². The van der Waals surface area contributed by atoms with Crippen molar-refractivity contribution in [2.45, 2.75) is 26.3 Å². The number of hydrogen-bond acceptors (Lipinski definition) is 6. The Morgan fingerprint density at radius 2 is 2.28 bits per heavy atom. The number of nitrogen functional groups attached to an aromatic ring is 1. The van der Waals surface area contributed by atoms with E-state index < -0.39 is 0 Å². The minimum absolute atomic E-state index is 0.203. The SMILES string of the molecule is CCOC(=O)CCCn1c(N)c(C([NH3+])=S)sc1=S. The number of carbonyl (C=O) groups is 1. The zero-order valence-corrected chi connectivity index (χ0v) is 12.6. The highest BCUT2D eigenvalue weighted by molar-refractivity contribution is 7.80. The molecule has 1 aromatic heterocycles. The first kappa shape index (κ1) is 15.2. The number of thiocarbonyl (C=S) groups is 1. The van der Waals surface area contributed by atoms with Crippen LogP contribution in [0.1, 0.15) is 24.6 Å². The van der Waals surface area contributed by atoms with Crippen molar-refractivity contribution >= 4 is 52.5 Å². The predicted octanol–water partition coefficient (Wildman–Crippen LogP) is 1.12. The van der Waals surface area contributed by atoms with Crippen LogP contribution in [0.2, 0.25) is 0 Å². The highest BCUT2D eigenvalue weighted by Gasteiger charge is 2.14. The van der Waals surface area contributed by atoms with Gasteiger partial charge in [-0.3, -0.25) is 4.79 Å². The first-order chi connectivity index (χ1) is 8.47. The van der Waals surface area contributed by atoms with Crippen molar-refractivity contribution in [1.29, 1.82) is 0 Å². The molecule has 100 valence electrons. The predicted molar refractivity (Wildman–Crippen MR) is 78.0 cm³/mol. The first-order valence-electron chi connectivity index (χ1n) is 5.48. The Kier molecular flexibility index (Phi) is 5.86. The fourth-order valence-corrected chi connectivity index (χ4v) is 2.91. The topological polar surface area (TPSA) is 84.9 Å². The first-order valence-corrected chi connectivity index (χ1v) is 7.11. The largest absolute Gasteiger partial charge is 0.466 e. The Morgan fingerprint density at radius 1 is 1.61 bits per heavy atom. The number of carbonyl (C=O) groups excluding carboxylic acids is 1. The Bertz CT molecular complexity index is 507. The van der Waals surface area contributed by atoms with Gasteiger partial charge in [0.05, 0.1) is 6.61 Å². The third-order valence-corrected chi connectivity index (χ3v) is 4.11. The van der Waals surface area contributed by atoms with Crippen LogP contribution in [0.4, 0.5) is 5.82 Å². The van der Waals surface area contributed by atoms with E-state index in [-0.39, 0.29) is 5.97 Å². The molecule has 8 heteroatoms. The number of rotatable bonds is 6. The van der Waals surface area contributed by atoms with Gasteiger partial charge in [-0.05, 0) is 37.8 Å². The lowest BCUT2D eigenvalue weighted by Gasteiger charge is -2.05. The maximum atomic E-state index is 11.2. The van der Waals surface area contributed by atoms with Crippen LogP contribution in [0, 0.1) is 3.95 Å². The summed E-state index contributed by atoms with van der Waals surface area (Å²) >= 11 is 11.6. The van der Waals surface area contributed by atoms with Crippen LogP contribution in [0.3, 0.4) is 0 Å².